The molecule has 0 heterocycles. The number of carboxylic acid groups (broad SMARTS) is 1. The van der Waals surface area contributed by atoms with Gasteiger partial charge in [0, 0.05) is 12.2 Å². The van der Waals surface area contributed by atoms with Crippen LogP contribution in [0.2, 0.25) is 0 Å². The smallest absolute Gasteiger partial charge is 0.331 e. The third-order valence-electron chi connectivity index (χ3n) is 1.68. The summed E-state index contributed by atoms with van der Waals surface area (Å²) in [4.78, 5) is 10.3. The number of aliphatic carboxylic acids is 1. The van der Waals surface area contributed by atoms with Crippen LogP contribution in [0.15, 0.2) is 11.6 Å². The largest absolute Gasteiger partial charge is 0.478 e. The molecule has 0 aliphatic carbocycles. The Bertz CT molecular complexity index is 183. The molecule has 0 aromatic rings. The molecule has 0 aliphatic heterocycles. The number of hydrogen-bond donors (Lipinski definition) is 1. The van der Waals surface area contributed by atoms with E-state index in [-0.39, 0.29) is 0 Å². The van der Waals surface area contributed by atoms with Crippen LogP contribution in [0, 0.1) is 5.92 Å². The summed E-state index contributed by atoms with van der Waals surface area (Å²) in [5.74, 6) is -0.253. The quantitative estimate of drug-likeness (QED) is 0.510. The predicted molar refractivity (Wildman–Crippen MR) is 51.7 cm³/mol. The van der Waals surface area contributed by atoms with E-state index in [1.807, 2.05) is 0 Å². The second kappa shape index (κ2) is 6.66. The van der Waals surface area contributed by atoms with Crippen LogP contribution in [-0.4, -0.2) is 24.3 Å². The van der Waals surface area contributed by atoms with Crippen LogP contribution in [0.3, 0.4) is 0 Å². The van der Waals surface area contributed by atoms with Gasteiger partial charge in [0.2, 0.25) is 0 Å². The number of ether oxygens (including phenoxy) is 1. The summed E-state index contributed by atoms with van der Waals surface area (Å²) < 4.78 is 5.23. The number of carbonyl (C=O) groups is 1. The maximum Gasteiger partial charge on any atom is 0.331 e. The minimum Gasteiger partial charge on any atom is -0.478 e. The fourth-order valence-electron chi connectivity index (χ4n) is 0.674. The van der Waals surface area contributed by atoms with Crippen LogP contribution in [0.4, 0.5) is 0 Å². The molecule has 0 unspecified atom stereocenters. The number of rotatable bonds is 6. The maximum absolute atomic E-state index is 10.3. The number of carboxylic acids is 1. The van der Waals surface area contributed by atoms with Gasteiger partial charge in [-0.25, -0.2) is 4.79 Å². The third kappa shape index (κ3) is 7.53. The highest BCUT2D eigenvalue weighted by atomic mass is 16.5. The SMILES string of the molecule is CC(=CCOCCC(C)C)C(=O)O. The summed E-state index contributed by atoms with van der Waals surface area (Å²) in [6, 6.07) is 0. The molecule has 0 atom stereocenters. The molecule has 0 saturated carbocycles. The summed E-state index contributed by atoms with van der Waals surface area (Å²) in [7, 11) is 0. The molecule has 1 N–H and O–H groups in total. The molecule has 0 amide bonds. The lowest BCUT2D eigenvalue weighted by atomic mass is 10.1. The Hall–Kier alpha value is -0.830. The third-order valence-corrected chi connectivity index (χ3v) is 1.68. The Balaban J connectivity index is 3.45. The molecule has 0 aliphatic rings. The zero-order valence-electron chi connectivity index (χ0n) is 8.54. The van der Waals surface area contributed by atoms with Gasteiger partial charge in [0.15, 0.2) is 0 Å². The maximum atomic E-state index is 10.3. The summed E-state index contributed by atoms with van der Waals surface area (Å²) in [5.41, 5.74) is 0.338. The van der Waals surface area contributed by atoms with Crippen molar-refractivity contribution in [2.24, 2.45) is 5.92 Å². The summed E-state index contributed by atoms with van der Waals surface area (Å²) >= 11 is 0. The molecule has 0 aromatic heterocycles. The van der Waals surface area contributed by atoms with Gasteiger partial charge in [-0.3, -0.25) is 0 Å². The molecule has 0 saturated heterocycles. The summed E-state index contributed by atoms with van der Waals surface area (Å²) in [6.07, 6.45) is 2.60. The van der Waals surface area contributed by atoms with Crippen molar-refractivity contribution in [1.82, 2.24) is 0 Å². The van der Waals surface area contributed by atoms with Crippen molar-refractivity contribution in [1.29, 1.82) is 0 Å². The van der Waals surface area contributed by atoms with Crippen LogP contribution in [0.1, 0.15) is 27.2 Å². The van der Waals surface area contributed by atoms with E-state index in [2.05, 4.69) is 13.8 Å². The molecule has 0 aromatic carbocycles. The van der Waals surface area contributed by atoms with Crippen molar-refractivity contribution in [2.45, 2.75) is 27.2 Å². The van der Waals surface area contributed by atoms with Gasteiger partial charge >= 0.3 is 5.97 Å². The summed E-state index contributed by atoms with van der Waals surface area (Å²) in [6.45, 7) is 6.91. The van der Waals surface area contributed by atoms with Crippen LogP contribution < -0.4 is 0 Å². The fourth-order valence-corrected chi connectivity index (χ4v) is 0.674. The zero-order chi connectivity index (χ0) is 10.3. The van der Waals surface area contributed by atoms with E-state index in [4.69, 9.17) is 9.84 Å². The van der Waals surface area contributed by atoms with E-state index in [9.17, 15) is 4.79 Å². The van der Waals surface area contributed by atoms with E-state index in [1.165, 1.54) is 0 Å². The van der Waals surface area contributed by atoms with E-state index < -0.39 is 5.97 Å². The molecule has 0 bridgehead atoms. The zero-order valence-corrected chi connectivity index (χ0v) is 8.54. The van der Waals surface area contributed by atoms with Gasteiger partial charge in [-0.05, 0) is 25.3 Å². The van der Waals surface area contributed by atoms with Crippen molar-refractivity contribution in [3.8, 4) is 0 Å². The van der Waals surface area contributed by atoms with Gasteiger partial charge in [0.25, 0.3) is 0 Å². The Morgan fingerprint density at radius 2 is 2.15 bits per heavy atom. The van der Waals surface area contributed by atoms with Gasteiger partial charge in [-0.2, -0.15) is 0 Å². The lowest BCUT2D eigenvalue weighted by molar-refractivity contribution is -0.132. The normalized spacial score (nSPS) is 12.2. The van der Waals surface area contributed by atoms with E-state index in [0.29, 0.717) is 24.7 Å². The molecule has 0 rings (SSSR count). The monoisotopic (exact) mass is 186 g/mol. The first-order valence-corrected chi connectivity index (χ1v) is 4.51. The van der Waals surface area contributed by atoms with Crippen LogP contribution >= 0.6 is 0 Å². The van der Waals surface area contributed by atoms with Crippen LogP contribution in [-0.2, 0) is 9.53 Å². The predicted octanol–water partition coefficient (Wildman–Crippen LogP) is 2.08. The highest BCUT2D eigenvalue weighted by molar-refractivity contribution is 5.85. The second-order valence-corrected chi connectivity index (χ2v) is 3.45. The van der Waals surface area contributed by atoms with Crippen LogP contribution in [0.25, 0.3) is 0 Å². The first-order valence-electron chi connectivity index (χ1n) is 4.51. The van der Waals surface area contributed by atoms with Gasteiger partial charge in [0.05, 0.1) is 6.61 Å². The van der Waals surface area contributed by atoms with Gasteiger partial charge < -0.3 is 9.84 Å². The Kier molecular flexibility index (Phi) is 6.24. The first-order chi connectivity index (χ1) is 6.04. The highest BCUT2D eigenvalue weighted by Crippen LogP contribution is 1.99. The molecule has 0 fully saturated rings. The molecular weight excluding hydrogens is 168 g/mol. The minimum absolute atomic E-state index is 0.338. The van der Waals surface area contributed by atoms with Crippen molar-refractivity contribution in [3.05, 3.63) is 11.6 Å². The van der Waals surface area contributed by atoms with E-state index in [0.717, 1.165) is 6.42 Å². The van der Waals surface area contributed by atoms with Crippen molar-refractivity contribution in [2.75, 3.05) is 13.2 Å². The molecule has 0 radical (unpaired) electrons. The van der Waals surface area contributed by atoms with Crippen molar-refractivity contribution >= 4 is 5.97 Å². The molecule has 13 heavy (non-hydrogen) atoms. The van der Waals surface area contributed by atoms with E-state index >= 15 is 0 Å². The fraction of sp³-hybridized carbons (Fsp3) is 0.700. The minimum atomic E-state index is -0.882. The van der Waals surface area contributed by atoms with Gasteiger partial charge in [-0.1, -0.05) is 13.8 Å². The highest BCUT2D eigenvalue weighted by Gasteiger charge is 1.98. The standard InChI is InChI=1S/C10H18O3/c1-8(2)4-6-13-7-5-9(3)10(11)12/h5,8H,4,6-7H2,1-3H3,(H,11,12). The molecule has 0 spiro atoms. The average Bonchev–Trinajstić information content (AvgIpc) is 2.02. The van der Waals surface area contributed by atoms with Crippen LogP contribution in [0.5, 0.6) is 0 Å². The summed E-state index contributed by atoms with van der Waals surface area (Å²) in [5, 5.41) is 8.50. The lowest BCUT2D eigenvalue weighted by Crippen LogP contribution is -2.01. The topological polar surface area (TPSA) is 46.5 Å². The van der Waals surface area contributed by atoms with Gasteiger partial charge in [-0.15, -0.1) is 0 Å². The van der Waals surface area contributed by atoms with Crippen molar-refractivity contribution < 1.29 is 14.6 Å². The Morgan fingerprint density at radius 1 is 1.54 bits per heavy atom. The molecule has 3 heteroatoms. The molecular formula is C10H18O3. The van der Waals surface area contributed by atoms with E-state index in [1.54, 1.807) is 13.0 Å². The first kappa shape index (κ1) is 12.2. The molecule has 3 nitrogen and oxygen atoms in total. The second-order valence-electron chi connectivity index (χ2n) is 3.45. The lowest BCUT2D eigenvalue weighted by Gasteiger charge is -2.03. The molecule has 76 valence electrons. The Labute approximate surface area is 79.4 Å². The van der Waals surface area contributed by atoms with Crippen molar-refractivity contribution in [3.63, 3.8) is 0 Å². The Morgan fingerprint density at radius 3 is 2.62 bits per heavy atom. The average molecular weight is 186 g/mol. The van der Waals surface area contributed by atoms with Gasteiger partial charge in [0.1, 0.15) is 0 Å². The number of hydrogen-bond acceptors (Lipinski definition) is 2.